The summed E-state index contributed by atoms with van der Waals surface area (Å²) >= 11 is 0. The Kier molecular flexibility index (Phi) is 2.35. The quantitative estimate of drug-likeness (QED) is 0.637. The Bertz CT molecular complexity index is 272. The summed E-state index contributed by atoms with van der Waals surface area (Å²) in [4.78, 5) is 11.5. The Morgan fingerprint density at radius 1 is 1.43 bits per heavy atom. The van der Waals surface area contributed by atoms with E-state index in [1.807, 2.05) is 13.8 Å². The van der Waals surface area contributed by atoms with Gasteiger partial charge < -0.3 is 10.4 Å². The first-order chi connectivity index (χ1) is 6.59. The van der Waals surface area contributed by atoms with Crippen LogP contribution in [0.4, 0.5) is 0 Å². The molecule has 2 rings (SSSR count). The molecule has 3 nitrogen and oxygen atoms in total. The minimum Gasteiger partial charge on any atom is -0.390 e. The molecule has 0 heterocycles. The Labute approximate surface area is 84.2 Å². The molecule has 0 saturated heterocycles. The molecule has 1 amide bonds. The highest BCUT2D eigenvalue weighted by Crippen LogP contribution is 2.39. The van der Waals surface area contributed by atoms with Gasteiger partial charge in [0.1, 0.15) is 0 Å². The molecule has 14 heavy (non-hydrogen) atoms. The van der Waals surface area contributed by atoms with E-state index in [2.05, 4.69) is 17.5 Å². The lowest BCUT2D eigenvalue weighted by Crippen LogP contribution is -2.47. The van der Waals surface area contributed by atoms with Crippen LogP contribution < -0.4 is 5.32 Å². The molecule has 0 aromatic rings. The summed E-state index contributed by atoms with van der Waals surface area (Å²) < 4.78 is 0. The van der Waals surface area contributed by atoms with E-state index in [-0.39, 0.29) is 29.9 Å². The van der Waals surface area contributed by atoms with Crippen molar-refractivity contribution in [3.05, 3.63) is 12.2 Å². The van der Waals surface area contributed by atoms with E-state index in [1.165, 1.54) is 0 Å². The largest absolute Gasteiger partial charge is 0.390 e. The van der Waals surface area contributed by atoms with Crippen LogP contribution in [-0.4, -0.2) is 23.2 Å². The minimum absolute atomic E-state index is 0.00898. The Morgan fingerprint density at radius 2 is 2.07 bits per heavy atom. The second-order valence-electron chi connectivity index (χ2n) is 4.63. The molecule has 0 aromatic carbocycles. The van der Waals surface area contributed by atoms with Crippen molar-refractivity contribution in [3.63, 3.8) is 0 Å². The lowest BCUT2D eigenvalue weighted by atomic mass is 9.98. The summed E-state index contributed by atoms with van der Waals surface area (Å²) in [5.41, 5.74) is 0. The zero-order valence-corrected chi connectivity index (χ0v) is 8.60. The lowest BCUT2D eigenvalue weighted by Gasteiger charge is -2.25. The van der Waals surface area contributed by atoms with Gasteiger partial charge >= 0.3 is 0 Å². The number of hydrogen-bond acceptors (Lipinski definition) is 2. The van der Waals surface area contributed by atoms with Gasteiger partial charge in [-0.2, -0.15) is 0 Å². The number of hydrogen-bond donors (Lipinski definition) is 2. The molecule has 0 spiro atoms. The Morgan fingerprint density at radius 3 is 2.57 bits per heavy atom. The molecular formula is C11H17NO2. The van der Waals surface area contributed by atoms with Gasteiger partial charge in [0.05, 0.1) is 12.1 Å². The standard InChI is InChI=1S/C11H17NO2/c1-6(2)11(14)12-9-7-3-4-8(5-7)10(9)13/h3-4,6-10,13H,5H2,1-2H3,(H,12,14). The van der Waals surface area contributed by atoms with Gasteiger partial charge in [0, 0.05) is 17.8 Å². The maximum absolute atomic E-state index is 11.5. The van der Waals surface area contributed by atoms with E-state index in [1.54, 1.807) is 0 Å². The van der Waals surface area contributed by atoms with Crippen molar-refractivity contribution >= 4 is 5.91 Å². The third-order valence-corrected chi connectivity index (χ3v) is 3.25. The van der Waals surface area contributed by atoms with E-state index < -0.39 is 0 Å². The molecule has 1 fully saturated rings. The van der Waals surface area contributed by atoms with Crippen molar-refractivity contribution in [1.29, 1.82) is 0 Å². The summed E-state index contributed by atoms with van der Waals surface area (Å²) in [7, 11) is 0. The summed E-state index contributed by atoms with van der Waals surface area (Å²) in [5, 5.41) is 12.8. The molecule has 1 saturated carbocycles. The smallest absolute Gasteiger partial charge is 0.222 e. The van der Waals surface area contributed by atoms with Crippen LogP contribution in [0.25, 0.3) is 0 Å². The van der Waals surface area contributed by atoms with Crippen molar-refractivity contribution < 1.29 is 9.90 Å². The van der Waals surface area contributed by atoms with E-state index in [0.717, 1.165) is 6.42 Å². The third-order valence-electron chi connectivity index (χ3n) is 3.25. The van der Waals surface area contributed by atoms with Crippen molar-refractivity contribution in [1.82, 2.24) is 5.32 Å². The van der Waals surface area contributed by atoms with Crippen molar-refractivity contribution in [2.75, 3.05) is 0 Å². The van der Waals surface area contributed by atoms with E-state index in [9.17, 15) is 9.90 Å². The number of aliphatic hydroxyl groups excluding tert-OH is 1. The fraction of sp³-hybridized carbons (Fsp3) is 0.727. The monoisotopic (exact) mass is 195 g/mol. The molecule has 4 unspecified atom stereocenters. The predicted octanol–water partition coefficient (Wildman–Crippen LogP) is 0.694. The Balaban J connectivity index is 2.00. The number of fused-ring (bicyclic) bond motifs is 2. The van der Waals surface area contributed by atoms with Crippen molar-refractivity contribution in [2.45, 2.75) is 32.4 Å². The summed E-state index contributed by atoms with van der Waals surface area (Å²) in [6.45, 7) is 3.73. The highest BCUT2D eigenvalue weighted by atomic mass is 16.3. The maximum atomic E-state index is 11.5. The molecule has 2 aliphatic rings. The number of carbonyl (C=O) groups excluding carboxylic acids is 1. The summed E-state index contributed by atoms with van der Waals surface area (Å²) in [6.07, 6.45) is 4.79. The second-order valence-corrected chi connectivity index (χ2v) is 4.63. The molecule has 4 atom stereocenters. The molecule has 0 aromatic heterocycles. The summed E-state index contributed by atoms with van der Waals surface area (Å²) in [5.74, 6) is 0.635. The van der Waals surface area contributed by atoms with Crippen LogP contribution in [0.2, 0.25) is 0 Å². The van der Waals surface area contributed by atoms with Crippen LogP contribution in [0.5, 0.6) is 0 Å². The van der Waals surface area contributed by atoms with Crippen LogP contribution in [0.15, 0.2) is 12.2 Å². The normalized spacial score (nSPS) is 39.4. The lowest BCUT2D eigenvalue weighted by molar-refractivity contribution is -0.125. The summed E-state index contributed by atoms with van der Waals surface area (Å²) in [6, 6.07) is -0.0556. The van der Waals surface area contributed by atoms with Gasteiger partial charge in [0.2, 0.25) is 5.91 Å². The molecule has 2 aliphatic carbocycles. The molecule has 2 N–H and O–H groups in total. The second kappa shape index (κ2) is 3.39. The van der Waals surface area contributed by atoms with Gasteiger partial charge in [0.25, 0.3) is 0 Å². The van der Waals surface area contributed by atoms with Crippen LogP contribution in [0.1, 0.15) is 20.3 Å². The highest BCUT2D eigenvalue weighted by molar-refractivity contribution is 5.78. The predicted molar refractivity (Wildman–Crippen MR) is 53.5 cm³/mol. The number of carbonyl (C=O) groups is 1. The number of rotatable bonds is 2. The highest BCUT2D eigenvalue weighted by Gasteiger charge is 2.44. The van der Waals surface area contributed by atoms with E-state index in [4.69, 9.17) is 0 Å². The van der Waals surface area contributed by atoms with Crippen LogP contribution in [0.3, 0.4) is 0 Å². The van der Waals surface area contributed by atoms with Crippen LogP contribution in [-0.2, 0) is 4.79 Å². The fourth-order valence-electron chi connectivity index (χ4n) is 2.32. The molecule has 2 bridgehead atoms. The molecular weight excluding hydrogens is 178 g/mol. The Hall–Kier alpha value is -0.830. The van der Waals surface area contributed by atoms with Crippen LogP contribution >= 0.6 is 0 Å². The average Bonchev–Trinajstić information content (AvgIpc) is 2.69. The molecule has 0 aliphatic heterocycles. The molecule has 78 valence electrons. The van der Waals surface area contributed by atoms with Crippen molar-refractivity contribution in [3.8, 4) is 0 Å². The minimum atomic E-state index is -0.382. The van der Waals surface area contributed by atoms with Gasteiger partial charge in [0.15, 0.2) is 0 Å². The van der Waals surface area contributed by atoms with E-state index >= 15 is 0 Å². The first kappa shape index (κ1) is 9.71. The average molecular weight is 195 g/mol. The SMILES string of the molecule is CC(C)C(=O)NC1C2C=CC(C2)C1O. The number of nitrogens with one attached hydrogen (secondary N) is 1. The topological polar surface area (TPSA) is 49.3 Å². The van der Waals surface area contributed by atoms with Gasteiger partial charge in [-0.3, -0.25) is 4.79 Å². The maximum Gasteiger partial charge on any atom is 0.222 e. The van der Waals surface area contributed by atoms with Crippen molar-refractivity contribution in [2.24, 2.45) is 17.8 Å². The first-order valence-electron chi connectivity index (χ1n) is 5.26. The van der Waals surface area contributed by atoms with Gasteiger partial charge in [-0.05, 0) is 6.42 Å². The molecule has 3 heteroatoms. The molecule has 0 radical (unpaired) electrons. The zero-order chi connectivity index (χ0) is 10.3. The zero-order valence-electron chi connectivity index (χ0n) is 8.60. The van der Waals surface area contributed by atoms with Gasteiger partial charge in [-0.1, -0.05) is 26.0 Å². The third kappa shape index (κ3) is 1.46. The first-order valence-corrected chi connectivity index (χ1v) is 5.26. The van der Waals surface area contributed by atoms with Gasteiger partial charge in [-0.15, -0.1) is 0 Å². The van der Waals surface area contributed by atoms with Crippen LogP contribution in [0, 0.1) is 17.8 Å². The fourth-order valence-corrected chi connectivity index (χ4v) is 2.32. The number of aliphatic hydroxyl groups is 1. The van der Waals surface area contributed by atoms with E-state index in [0.29, 0.717) is 5.92 Å². The number of amides is 1. The van der Waals surface area contributed by atoms with Gasteiger partial charge in [-0.25, -0.2) is 0 Å².